The van der Waals surface area contributed by atoms with Gasteiger partial charge < -0.3 is 10.1 Å². The summed E-state index contributed by atoms with van der Waals surface area (Å²) in [5, 5.41) is 2.64. The number of benzene rings is 2. The number of anilines is 1. The molecule has 0 spiro atoms. The molecule has 0 aromatic heterocycles. The minimum atomic E-state index is -3.13. The summed E-state index contributed by atoms with van der Waals surface area (Å²) in [5.74, 6) is -1.18. The van der Waals surface area contributed by atoms with Gasteiger partial charge in [0.15, 0.2) is 16.4 Å². The van der Waals surface area contributed by atoms with E-state index in [2.05, 4.69) is 5.32 Å². The van der Waals surface area contributed by atoms with Crippen LogP contribution in [0.15, 0.2) is 48.5 Å². The molecule has 6 nitrogen and oxygen atoms in total. The van der Waals surface area contributed by atoms with E-state index in [1.54, 1.807) is 24.3 Å². The molecule has 2 aromatic rings. The first kappa shape index (κ1) is 18.7. The van der Waals surface area contributed by atoms with Crippen molar-refractivity contribution in [2.75, 3.05) is 18.2 Å². The van der Waals surface area contributed by atoms with Crippen molar-refractivity contribution in [3.05, 3.63) is 65.2 Å². The predicted octanol–water partition coefficient (Wildman–Crippen LogP) is 2.34. The SMILES string of the molecule is Cc1cccc(NC(=O)COC(=O)c2ccc(CS(C)(=O)=O)cc2)c1. The van der Waals surface area contributed by atoms with Crippen molar-refractivity contribution >= 4 is 27.4 Å². The zero-order valence-electron chi connectivity index (χ0n) is 14.0. The van der Waals surface area contributed by atoms with E-state index >= 15 is 0 Å². The van der Waals surface area contributed by atoms with E-state index in [4.69, 9.17) is 4.74 Å². The topological polar surface area (TPSA) is 89.5 Å². The monoisotopic (exact) mass is 361 g/mol. The minimum Gasteiger partial charge on any atom is -0.452 e. The molecular formula is C18H19NO5S. The van der Waals surface area contributed by atoms with E-state index in [-0.39, 0.29) is 11.3 Å². The van der Waals surface area contributed by atoms with Gasteiger partial charge in [0.25, 0.3) is 5.91 Å². The number of aryl methyl sites for hydroxylation is 1. The fourth-order valence-electron chi connectivity index (χ4n) is 2.17. The van der Waals surface area contributed by atoms with Crippen LogP contribution in [0, 0.1) is 6.92 Å². The Balaban J connectivity index is 1.88. The second-order valence-electron chi connectivity index (χ2n) is 5.76. The fourth-order valence-corrected chi connectivity index (χ4v) is 2.97. The number of carbonyl (C=O) groups excluding carboxylic acids is 2. The molecule has 1 amide bonds. The van der Waals surface area contributed by atoms with E-state index in [9.17, 15) is 18.0 Å². The third-order valence-electron chi connectivity index (χ3n) is 3.25. The second kappa shape index (κ2) is 7.94. The Hall–Kier alpha value is -2.67. The van der Waals surface area contributed by atoms with Crippen molar-refractivity contribution < 1.29 is 22.7 Å². The van der Waals surface area contributed by atoms with Crippen LogP contribution in [0.25, 0.3) is 0 Å². The number of rotatable bonds is 6. The minimum absolute atomic E-state index is 0.0960. The van der Waals surface area contributed by atoms with Crippen molar-refractivity contribution in [1.82, 2.24) is 0 Å². The summed E-state index contributed by atoms with van der Waals surface area (Å²) in [6.07, 6.45) is 1.14. The van der Waals surface area contributed by atoms with Crippen LogP contribution in [0.1, 0.15) is 21.5 Å². The third kappa shape index (κ3) is 6.39. The lowest BCUT2D eigenvalue weighted by atomic mass is 10.1. The maximum absolute atomic E-state index is 11.9. The molecule has 0 unspecified atom stereocenters. The lowest BCUT2D eigenvalue weighted by molar-refractivity contribution is -0.119. The molecule has 25 heavy (non-hydrogen) atoms. The summed E-state index contributed by atoms with van der Waals surface area (Å²) in [4.78, 5) is 23.7. The van der Waals surface area contributed by atoms with Crippen molar-refractivity contribution in [1.29, 1.82) is 0 Å². The summed E-state index contributed by atoms with van der Waals surface area (Å²) < 4.78 is 27.4. The van der Waals surface area contributed by atoms with E-state index in [0.29, 0.717) is 11.3 Å². The summed E-state index contributed by atoms with van der Waals surface area (Å²) in [5.41, 5.74) is 2.46. The maximum Gasteiger partial charge on any atom is 0.338 e. The van der Waals surface area contributed by atoms with Crippen LogP contribution in [0.2, 0.25) is 0 Å². The number of carbonyl (C=O) groups is 2. The molecule has 0 radical (unpaired) electrons. The number of ether oxygens (including phenoxy) is 1. The van der Waals surface area contributed by atoms with E-state index < -0.39 is 28.3 Å². The summed E-state index contributed by atoms with van der Waals surface area (Å²) in [7, 11) is -3.13. The number of amides is 1. The summed E-state index contributed by atoms with van der Waals surface area (Å²) in [6, 6.07) is 13.3. The molecular weight excluding hydrogens is 342 g/mol. The Morgan fingerprint density at radius 3 is 2.36 bits per heavy atom. The quantitative estimate of drug-likeness (QED) is 0.798. The molecule has 2 rings (SSSR count). The molecule has 0 fully saturated rings. The smallest absolute Gasteiger partial charge is 0.338 e. The summed E-state index contributed by atoms with van der Waals surface area (Å²) in [6.45, 7) is 1.50. The first-order valence-corrected chi connectivity index (χ1v) is 9.59. The van der Waals surface area contributed by atoms with E-state index in [0.717, 1.165) is 11.8 Å². The van der Waals surface area contributed by atoms with Crippen molar-refractivity contribution in [2.45, 2.75) is 12.7 Å². The number of hydrogen-bond donors (Lipinski definition) is 1. The molecule has 1 N–H and O–H groups in total. The van der Waals surface area contributed by atoms with Gasteiger partial charge in [-0.2, -0.15) is 0 Å². The molecule has 0 heterocycles. The normalized spacial score (nSPS) is 11.0. The Morgan fingerprint density at radius 1 is 1.08 bits per heavy atom. The zero-order chi connectivity index (χ0) is 18.4. The van der Waals surface area contributed by atoms with Crippen LogP contribution in [-0.2, 0) is 25.1 Å². The molecule has 0 aliphatic carbocycles. The average Bonchev–Trinajstić information content (AvgIpc) is 2.52. The van der Waals surface area contributed by atoms with Gasteiger partial charge in [-0.05, 0) is 42.3 Å². The standard InChI is InChI=1S/C18H19NO5S/c1-13-4-3-5-16(10-13)19-17(20)11-24-18(21)15-8-6-14(7-9-15)12-25(2,22)23/h3-10H,11-12H2,1-2H3,(H,19,20). The van der Waals surface area contributed by atoms with Gasteiger partial charge in [-0.1, -0.05) is 24.3 Å². The van der Waals surface area contributed by atoms with Gasteiger partial charge in [0.2, 0.25) is 0 Å². The number of hydrogen-bond acceptors (Lipinski definition) is 5. The molecule has 0 saturated heterocycles. The lowest BCUT2D eigenvalue weighted by Crippen LogP contribution is -2.21. The predicted molar refractivity (Wildman–Crippen MR) is 95.1 cm³/mol. The summed E-state index contributed by atoms with van der Waals surface area (Å²) >= 11 is 0. The van der Waals surface area contributed by atoms with Gasteiger partial charge in [-0.3, -0.25) is 4.79 Å². The molecule has 0 saturated carbocycles. The first-order chi connectivity index (χ1) is 11.7. The molecule has 0 aliphatic rings. The zero-order valence-corrected chi connectivity index (χ0v) is 14.8. The second-order valence-corrected chi connectivity index (χ2v) is 7.90. The highest BCUT2D eigenvalue weighted by atomic mass is 32.2. The Labute approximate surface area is 146 Å². The highest BCUT2D eigenvalue weighted by Crippen LogP contribution is 2.11. The van der Waals surface area contributed by atoms with Crippen LogP contribution < -0.4 is 5.32 Å². The number of sulfone groups is 1. The van der Waals surface area contributed by atoms with Crippen LogP contribution in [0.3, 0.4) is 0 Å². The van der Waals surface area contributed by atoms with Gasteiger partial charge in [0, 0.05) is 11.9 Å². The van der Waals surface area contributed by atoms with Gasteiger partial charge in [-0.25, -0.2) is 13.2 Å². The molecule has 132 valence electrons. The number of esters is 1. The van der Waals surface area contributed by atoms with Crippen LogP contribution in [-0.4, -0.2) is 33.2 Å². The Bertz CT molecular complexity index is 873. The molecule has 0 aliphatic heterocycles. The van der Waals surface area contributed by atoms with Crippen LogP contribution in [0.4, 0.5) is 5.69 Å². The highest BCUT2D eigenvalue weighted by molar-refractivity contribution is 7.89. The van der Waals surface area contributed by atoms with Crippen LogP contribution in [0.5, 0.6) is 0 Å². The molecule has 2 aromatic carbocycles. The molecule has 0 atom stereocenters. The molecule has 7 heteroatoms. The van der Waals surface area contributed by atoms with E-state index in [1.807, 2.05) is 19.1 Å². The van der Waals surface area contributed by atoms with Gasteiger partial charge >= 0.3 is 5.97 Å². The van der Waals surface area contributed by atoms with Gasteiger partial charge in [0.1, 0.15) is 0 Å². The number of nitrogens with one attached hydrogen (secondary N) is 1. The maximum atomic E-state index is 11.9. The Kier molecular flexibility index (Phi) is 5.93. The van der Waals surface area contributed by atoms with Crippen molar-refractivity contribution in [2.24, 2.45) is 0 Å². The fraction of sp³-hybridized carbons (Fsp3) is 0.222. The average molecular weight is 361 g/mol. The van der Waals surface area contributed by atoms with Crippen molar-refractivity contribution in [3.8, 4) is 0 Å². The highest BCUT2D eigenvalue weighted by Gasteiger charge is 2.11. The van der Waals surface area contributed by atoms with Crippen LogP contribution >= 0.6 is 0 Å². The largest absolute Gasteiger partial charge is 0.452 e. The van der Waals surface area contributed by atoms with Crippen molar-refractivity contribution in [3.63, 3.8) is 0 Å². The Morgan fingerprint density at radius 2 is 1.76 bits per heavy atom. The first-order valence-electron chi connectivity index (χ1n) is 7.53. The van der Waals surface area contributed by atoms with Gasteiger partial charge in [-0.15, -0.1) is 0 Å². The van der Waals surface area contributed by atoms with Gasteiger partial charge in [0.05, 0.1) is 11.3 Å². The molecule has 0 bridgehead atoms. The van der Waals surface area contributed by atoms with E-state index in [1.165, 1.54) is 12.1 Å². The lowest BCUT2D eigenvalue weighted by Gasteiger charge is -2.07. The third-order valence-corrected chi connectivity index (χ3v) is 4.11.